The summed E-state index contributed by atoms with van der Waals surface area (Å²) in [4.78, 5) is 11.2. The quantitative estimate of drug-likeness (QED) is 0.768. The van der Waals surface area contributed by atoms with E-state index < -0.39 is 0 Å². The number of halogens is 1. The Kier molecular flexibility index (Phi) is 4.52. The van der Waals surface area contributed by atoms with Gasteiger partial charge in [-0.3, -0.25) is 9.48 Å². The van der Waals surface area contributed by atoms with Crippen LogP contribution < -0.4 is 11.1 Å². The number of rotatable bonds is 5. The zero-order valence-electron chi connectivity index (χ0n) is 8.77. The third-order valence-corrected chi connectivity index (χ3v) is 2.41. The van der Waals surface area contributed by atoms with Crippen LogP contribution in [0.2, 0.25) is 0 Å². The van der Waals surface area contributed by atoms with Crippen LogP contribution in [0, 0.1) is 3.57 Å². The van der Waals surface area contributed by atoms with Crippen molar-refractivity contribution in [1.82, 2.24) is 15.1 Å². The molecule has 84 valence electrons. The summed E-state index contributed by atoms with van der Waals surface area (Å²) < 4.78 is 2.76. The molecule has 0 saturated carbocycles. The molecule has 1 aromatic heterocycles. The molecule has 6 heteroatoms. The van der Waals surface area contributed by atoms with E-state index in [0.29, 0.717) is 6.54 Å². The van der Waals surface area contributed by atoms with Gasteiger partial charge in [-0.1, -0.05) is 13.8 Å². The number of aromatic nitrogens is 2. The Morgan fingerprint density at radius 1 is 1.73 bits per heavy atom. The van der Waals surface area contributed by atoms with E-state index in [4.69, 9.17) is 5.73 Å². The third-order valence-electron chi connectivity index (χ3n) is 1.85. The highest BCUT2D eigenvalue weighted by Gasteiger charge is 2.16. The van der Waals surface area contributed by atoms with Gasteiger partial charge in [0.05, 0.1) is 16.3 Å². The number of nitrogens with two attached hydrogens (primary N) is 1. The van der Waals surface area contributed by atoms with Crippen molar-refractivity contribution < 1.29 is 4.79 Å². The van der Waals surface area contributed by atoms with Gasteiger partial charge in [-0.2, -0.15) is 5.10 Å². The van der Waals surface area contributed by atoms with E-state index in [1.165, 1.54) is 0 Å². The lowest BCUT2D eigenvalue weighted by Crippen LogP contribution is -2.47. The van der Waals surface area contributed by atoms with Crippen molar-refractivity contribution in [3.8, 4) is 0 Å². The number of nitrogens with one attached hydrogen (secondary N) is 1. The van der Waals surface area contributed by atoms with Gasteiger partial charge in [-0.15, -0.1) is 0 Å². The lowest BCUT2D eigenvalue weighted by Gasteiger charge is -2.17. The molecule has 0 aliphatic rings. The molecule has 0 aliphatic heterocycles. The first-order valence-corrected chi connectivity index (χ1v) is 5.80. The van der Waals surface area contributed by atoms with Crippen LogP contribution in [0.5, 0.6) is 0 Å². The number of primary amides is 1. The van der Waals surface area contributed by atoms with Crippen LogP contribution in [0.1, 0.15) is 13.8 Å². The van der Waals surface area contributed by atoms with Crippen LogP contribution in [0.3, 0.4) is 0 Å². The number of carbonyl (C=O) groups excluding carboxylic acids is 1. The Hall–Kier alpha value is -0.630. The fourth-order valence-electron chi connectivity index (χ4n) is 1.25. The minimum absolute atomic E-state index is 0.220. The first kappa shape index (κ1) is 12.4. The van der Waals surface area contributed by atoms with Crippen molar-refractivity contribution >= 4 is 28.5 Å². The summed E-state index contributed by atoms with van der Waals surface area (Å²) in [7, 11) is 0. The van der Waals surface area contributed by atoms with Gasteiger partial charge in [0.1, 0.15) is 6.04 Å². The van der Waals surface area contributed by atoms with E-state index in [0.717, 1.165) is 3.57 Å². The molecule has 0 fully saturated rings. The average molecular weight is 322 g/mol. The zero-order chi connectivity index (χ0) is 11.4. The predicted molar refractivity (Wildman–Crippen MR) is 66.2 cm³/mol. The average Bonchev–Trinajstić information content (AvgIpc) is 2.49. The van der Waals surface area contributed by atoms with Crippen LogP contribution >= 0.6 is 22.6 Å². The Morgan fingerprint density at radius 3 is 2.80 bits per heavy atom. The fraction of sp³-hybridized carbons (Fsp3) is 0.556. The van der Waals surface area contributed by atoms with E-state index in [1.54, 1.807) is 10.9 Å². The van der Waals surface area contributed by atoms with Crippen LogP contribution in [0.25, 0.3) is 0 Å². The van der Waals surface area contributed by atoms with Gasteiger partial charge in [0.2, 0.25) is 5.91 Å². The largest absolute Gasteiger partial charge is 0.368 e. The molecule has 5 nitrogen and oxygen atoms in total. The van der Waals surface area contributed by atoms with Crippen LogP contribution in [-0.4, -0.2) is 27.8 Å². The van der Waals surface area contributed by atoms with Gasteiger partial charge in [-0.05, 0) is 22.6 Å². The number of nitrogens with zero attached hydrogens (tertiary/aromatic N) is 2. The second-order valence-electron chi connectivity index (χ2n) is 3.66. The maximum absolute atomic E-state index is 11.2. The summed E-state index contributed by atoms with van der Waals surface area (Å²) in [5, 5.41) is 7.21. The number of hydrogen-bond donors (Lipinski definition) is 2. The summed E-state index contributed by atoms with van der Waals surface area (Å²) in [6.07, 6.45) is 3.62. The van der Waals surface area contributed by atoms with Crippen molar-refractivity contribution in [2.24, 2.45) is 5.73 Å². The normalized spacial score (nSPS) is 13.1. The standard InChI is InChI=1S/C9H15IN4O/c1-6(2)13-8(9(11)15)5-14-4-7(10)3-12-14/h3-4,6,8,13H,5H2,1-2H3,(H2,11,15). The number of hydrogen-bond acceptors (Lipinski definition) is 3. The number of carbonyl (C=O) groups is 1. The molecule has 0 aromatic carbocycles. The molecule has 0 spiro atoms. The van der Waals surface area contributed by atoms with E-state index in [9.17, 15) is 4.79 Å². The summed E-state index contributed by atoms with van der Waals surface area (Å²) >= 11 is 2.17. The molecular weight excluding hydrogens is 307 g/mol. The Morgan fingerprint density at radius 2 is 2.40 bits per heavy atom. The highest BCUT2D eigenvalue weighted by Crippen LogP contribution is 2.02. The minimum atomic E-state index is -0.374. The highest BCUT2D eigenvalue weighted by molar-refractivity contribution is 14.1. The van der Waals surface area contributed by atoms with E-state index in [2.05, 4.69) is 33.0 Å². The molecule has 0 aliphatic carbocycles. The monoisotopic (exact) mass is 322 g/mol. The molecule has 3 N–H and O–H groups in total. The third kappa shape index (κ3) is 4.17. The molecule has 1 amide bonds. The second kappa shape index (κ2) is 5.45. The van der Waals surface area contributed by atoms with Gasteiger partial charge in [0, 0.05) is 12.2 Å². The highest BCUT2D eigenvalue weighted by atomic mass is 127. The summed E-state index contributed by atoms with van der Waals surface area (Å²) in [6, 6.07) is -0.155. The first-order chi connectivity index (χ1) is 6.99. The molecular formula is C9H15IN4O. The van der Waals surface area contributed by atoms with E-state index >= 15 is 0 Å². The van der Waals surface area contributed by atoms with Crippen molar-refractivity contribution in [2.45, 2.75) is 32.5 Å². The predicted octanol–water partition coefficient (Wildman–Crippen LogP) is 0.340. The maximum atomic E-state index is 11.2. The van der Waals surface area contributed by atoms with E-state index in [-0.39, 0.29) is 18.0 Å². The first-order valence-electron chi connectivity index (χ1n) is 4.72. The molecule has 0 saturated heterocycles. The van der Waals surface area contributed by atoms with Crippen molar-refractivity contribution in [3.63, 3.8) is 0 Å². The lowest BCUT2D eigenvalue weighted by molar-refractivity contribution is -0.120. The summed E-state index contributed by atoms with van der Waals surface area (Å²) in [5.74, 6) is -0.353. The SMILES string of the molecule is CC(C)NC(Cn1cc(I)cn1)C(N)=O. The maximum Gasteiger partial charge on any atom is 0.236 e. The van der Waals surface area contributed by atoms with Crippen molar-refractivity contribution in [3.05, 3.63) is 16.0 Å². The molecule has 1 atom stereocenters. The van der Waals surface area contributed by atoms with Crippen molar-refractivity contribution in [2.75, 3.05) is 0 Å². The second-order valence-corrected chi connectivity index (χ2v) is 4.90. The Labute approximate surface area is 103 Å². The van der Waals surface area contributed by atoms with Gasteiger partial charge in [0.15, 0.2) is 0 Å². The molecule has 0 bridgehead atoms. The molecule has 15 heavy (non-hydrogen) atoms. The molecule has 1 unspecified atom stereocenters. The van der Waals surface area contributed by atoms with Gasteiger partial charge < -0.3 is 11.1 Å². The minimum Gasteiger partial charge on any atom is -0.368 e. The molecule has 1 heterocycles. The van der Waals surface area contributed by atoms with Gasteiger partial charge in [0.25, 0.3) is 0 Å². The summed E-state index contributed by atoms with van der Waals surface area (Å²) in [5.41, 5.74) is 5.30. The van der Waals surface area contributed by atoms with Crippen LogP contribution in [-0.2, 0) is 11.3 Å². The molecule has 0 radical (unpaired) electrons. The van der Waals surface area contributed by atoms with E-state index in [1.807, 2.05) is 20.0 Å². The Balaban J connectivity index is 2.62. The van der Waals surface area contributed by atoms with Gasteiger partial charge >= 0.3 is 0 Å². The zero-order valence-corrected chi connectivity index (χ0v) is 10.9. The van der Waals surface area contributed by atoms with Crippen LogP contribution in [0.15, 0.2) is 12.4 Å². The Bertz CT molecular complexity index is 337. The van der Waals surface area contributed by atoms with Crippen molar-refractivity contribution in [1.29, 1.82) is 0 Å². The molecule has 1 rings (SSSR count). The van der Waals surface area contributed by atoms with Gasteiger partial charge in [-0.25, -0.2) is 0 Å². The topological polar surface area (TPSA) is 72.9 Å². The molecule has 1 aromatic rings. The van der Waals surface area contributed by atoms with Crippen LogP contribution in [0.4, 0.5) is 0 Å². The number of amides is 1. The lowest BCUT2D eigenvalue weighted by atomic mass is 10.2. The smallest absolute Gasteiger partial charge is 0.236 e. The summed E-state index contributed by atoms with van der Waals surface area (Å²) in [6.45, 7) is 4.42. The fourth-order valence-corrected chi connectivity index (χ4v) is 1.70.